The van der Waals surface area contributed by atoms with Crippen molar-refractivity contribution in [2.24, 2.45) is 0 Å². The van der Waals surface area contributed by atoms with Crippen LogP contribution >= 0.6 is 27.7 Å². The van der Waals surface area contributed by atoms with Crippen molar-refractivity contribution in [3.8, 4) is 0 Å². The maximum absolute atomic E-state index is 12.0. The molecule has 1 aromatic rings. The Morgan fingerprint density at radius 1 is 1.27 bits per heavy atom. The van der Waals surface area contributed by atoms with Gasteiger partial charge in [-0.05, 0) is 26.9 Å². The normalized spacial score (nSPS) is 12.9. The summed E-state index contributed by atoms with van der Waals surface area (Å²) >= 11 is 3.60. The van der Waals surface area contributed by atoms with E-state index < -0.39 is 10.7 Å². The van der Waals surface area contributed by atoms with Crippen molar-refractivity contribution < 1.29 is 13.2 Å². The van der Waals surface area contributed by atoms with Gasteiger partial charge in [0.15, 0.2) is 0 Å². The molecular weight excluding hydrogens is 289 g/mol. The number of thioether (sulfide) groups is 1. The fourth-order valence-electron chi connectivity index (χ4n) is 0.852. The molecule has 82 valence electrons. The molecule has 0 amide bonds. The molecule has 0 nitrogen and oxygen atoms in total. The van der Waals surface area contributed by atoms with Crippen LogP contribution in [-0.4, -0.2) is 6.18 Å². The van der Waals surface area contributed by atoms with Gasteiger partial charge in [-0.1, -0.05) is 30.3 Å². The third kappa shape index (κ3) is 4.75. The van der Waals surface area contributed by atoms with Crippen molar-refractivity contribution in [2.45, 2.75) is 11.9 Å². The van der Waals surface area contributed by atoms with Gasteiger partial charge in [-0.15, -0.1) is 11.8 Å². The van der Waals surface area contributed by atoms with Gasteiger partial charge in [0.2, 0.25) is 0 Å². The SMILES string of the molecule is FC(F)(F)/C(Br)=C/SCc1ccccc1. The predicted molar refractivity (Wildman–Crippen MR) is 60.8 cm³/mol. The van der Waals surface area contributed by atoms with Crippen molar-refractivity contribution in [2.75, 3.05) is 0 Å². The number of benzene rings is 1. The highest BCUT2D eigenvalue weighted by atomic mass is 79.9. The van der Waals surface area contributed by atoms with E-state index in [1.807, 2.05) is 30.3 Å². The van der Waals surface area contributed by atoms with E-state index in [-0.39, 0.29) is 0 Å². The molecule has 0 bridgehead atoms. The molecule has 5 heteroatoms. The zero-order chi connectivity index (χ0) is 11.3. The van der Waals surface area contributed by atoms with Crippen LogP contribution in [0.2, 0.25) is 0 Å². The fraction of sp³-hybridized carbons (Fsp3) is 0.200. The van der Waals surface area contributed by atoms with Crippen LogP contribution in [0.3, 0.4) is 0 Å². The van der Waals surface area contributed by atoms with E-state index in [0.29, 0.717) is 5.75 Å². The number of rotatable bonds is 3. The van der Waals surface area contributed by atoms with Crippen molar-refractivity contribution in [3.63, 3.8) is 0 Å². The molecule has 0 fully saturated rings. The largest absolute Gasteiger partial charge is 0.423 e. The topological polar surface area (TPSA) is 0 Å². The molecule has 1 aromatic carbocycles. The maximum Gasteiger partial charge on any atom is 0.423 e. The maximum atomic E-state index is 12.0. The van der Waals surface area contributed by atoms with Gasteiger partial charge in [-0.3, -0.25) is 0 Å². The highest BCUT2D eigenvalue weighted by Crippen LogP contribution is 2.32. The molecule has 0 aliphatic heterocycles. The lowest BCUT2D eigenvalue weighted by Gasteiger charge is -2.04. The number of halogens is 4. The standard InChI is InChI=1S/C10H8BrF3S/c11-9(10(12,13)14)7-15-6-8-4-2-1-3-5-8/h1-5,7H,6H2/b9-7-. The van der Waals surface area contributed by atoms with E-state index in [1.165, 1.54) is 0 Å². The van der Waals surface area contributed by atoms with Gasteiger partial charge in [0.05, 0.1) is 0 Å². The molecule has 0 heterocycles. The van der Waals surface area contributed by atoms with E-state index in [4.69, 9.17) is 0 Å². The van der Waals surface area contributed by atoms with Crippen LogP contribution in [0.5, 0.6) is 0 Å². The third-order valence-corrected chi connectivity index (χ3v) is 3.43. The second kappa shape index (κ2) is 5.61. The minimum absolute atomic E-state index is 0.534. The molecule has 0 aliphatic rings. The average Bonchev–Trinajstić information content (AvgIpc) is 2.18. The smallest absolute Gasteiger partial charge is 0.166 e. The summed E-state index contributed by atoms with van der Waals surface area (Å²) < 4.78 is 35.4. The van der Waals surface area contributed by atoms with Crippen LogP contribution in [-0.2, 0) is 5.75 Å². The predicted octanol–water partition coefficient (Wildman–Crippen LogP) is 4.72. The Hall–Kier alpha value is -0.420. The summed E-state index contributed by atoms with van der Waals surface area (Å²) in [5.41, 5.74) is 1.00. The number of allylic oxidation sites excluding steroid dienone is 1. The van der Waals surface area contributed by atoms with E-state index in [2.05, 4.69) is 15.9 Å². The molecule has 0 aromatic heterocycles. The third-order valence-electron chi connectivity index (χ3n) is 1.55. The molecule has 0 aliphatic carbocycles. The first-order valence-electron chi connectivity index (χ1n) is 4.08. The number of alkyl halides is 3. The Morgan fingerprint density at radius 2 is 1.87 bits per heavy atom. The van der Waals surface area contributed by atoms with Crippen LogP contribution < -0.4 is 0 Å². The zero-order valence-corrected chi connectivity index (χ0v) is 9.99. The van der Waals surface area contributed by atoms with Crippen LogP contribution in [0.15, 0.2) is 40.2 Å². The van der Waals surface area contributed by atoms with Crippen molar-refractivity contribution >= 4 is 27.7 Å². The Labute approximate surface area is 98.7 Å². The van der Waals surface area contributed by atoms with Gasteiger partial charge < -0.3 is 0 Å². The lowest BCUT2D eigenvalue weighted by atomic mass is 10.2. The summed E-state index contributed by atoms with van der Waals surface area (Å²) in [5.74, 6) is 0.534. The Bertz CT molecular complexity index is 332. The number of hydrogen-bond acceptors (Lipinski definition) is 1. The molecule has 0 radical (unpaired) electrons. The molecule has 1 rings (SSSR count). The summed E-state index contributed by atoms with van der Waals surface area (Å²) in [6.45, 7) is 0. The van der Waals surface area contributed by atoms with Gasteiger partial charge in [0, 0.05) is 5.75 Å². The lowest BCUT2D eigenvalue weighted by Crippen LogP contribution is -2.05. The molecule has 0 spiro atoms. The summed E-state index contributed by atoms with van der Waals surface area (Å²) in [6.07, 6.45) is -4.29. The Kier molecular flexibility index (Phi) is 4.73. The molecule has 0 N–H and O–H groups in total. The van der Waals surface area contributed by atoms with Crippen molar-refractivity contribution in [1.82, 2.24) is 0 Å². The van der Waals surface area contributed by atoms with Gasteiger partial charge >= 0.3 is 6.18 Å². The minimum atomic E-state index is -4.29. The van der Waals surface area contributed by atoms with Gasteiger partial charge in [-0.25, -0.2) is 0 Å². The van der Waals surface area contributed by atoms with E-state index in [9.17, 15) is 13.2 Å². The minimum Gasteiger partial charge on any atom is -0.166 e. The molecule has 15 heavy (non-hydrogen) atoms. The lowest BCUT2D eigenvalue weighted by molar-refractivity contribution is -0.0826. The van der Waals surface area contributed by atoms with E-state index in [0.717, 1.165) is 22.7 Å². The van der Waals surface area contributed by atoms with Crippen LogP contribution in [0, 0.1) is 0 Å². The van der Waals surface area contributed by atoms with Crippen LogP contribution in [0.4, 0.5) is 13.2 Å². The zero-order valence-electron chi connectivity index (χ0n) is 7.59. The summed E-state index contributed by atoms with van der Waals surface area (Å²) in [6, 6.07) is 9.34. The van der Waals surface area contributed by atoms with E-state index in [1.54, 1.807) is 0 Å². The first-order chi connectivity index (χ1) is 7.00. The molecular formula is C10H8BrF3S. The summed E-state index contributed by atoms with van der Waals surface area (Å²) in [5, 5.41) is 1.08. The van der Waals surface area contributed by atoms with Gasteiger partial charge in [-0.2, -0.15) is 13.2 Å². The fourth-order valence-corrected chi connectivity index (χ4v) is 2.00. The monoisotopic (exact) mass is 296 g/mol. The first-order valence-corrected chi connectivity index (χ1v) is 5.92. The summed E-state index contributed by atoms with van der Waals surface area (Å²) in [4.78, 5) is 0. The highest BCUT2D eigenvalue weighted by Gasteiger charge is 2.31. The van der Waals surface area contributed by atoms with E-state index >= 15 is 0 Å². The molecule has 0 saturated carbocycles. The van der Waals surface area contributed by atoms with Gasteiger partial charge in [0.25, 0.3) is 0 Å². The average molecular weight is 297 g/mol. The molecule has 0 saturated heterocycles. The Balaban J connectivity index is 2.46. The second-order valence-corrected chi connectivity index (χ2v) is 4.47. The van der Waals surface area contributed by atoms with Crippen molar-refractivity contribution in [1.29, 1.82) is 0 Å². The van der Waals surface area contributed by atoms with Crippen LogP contribution in [0.25, 0.3) is 0 Å². The van der Waals surface area contributed by atoms with Crippen molar-refractivity contribution in [3.05, 3.63) is 45.8 Å². The number of hydrogen-bond donors (Lipinski definition) is 0. The highest BCUT2D eigenvalue weighted by molar-refractivity contribution is 9.11. The Morgan fingerprint density at radius 3 is 2.40 bits per heavy atom. The quantitative estimate of drug-likeness (QED) is 0.778. The summed E-state index contributed by atoms with van der Waals surface area (Å²) in [7, 11) is 0. The first kappa shape index (κ1) is 12.6. The molecule has 0 atom stereocenters. The molecule has 0 unspecified atom stereocenters. The van der Waals surface area contributed by atoms with Crippen LogP contribution in [0.1, 0.15) is 5.56 Å². The van der Waals surface area contributed by atoms with Gasteiger partial charge in [0.1, 0.15) is 4.48 Å². The second-order valence-electron chi connectivity index (χ2n) is 2.76.